The van der Waals surface area contributed by atoms with E-state index in [1.54, 1.807) is 9.80 Å². The smallest absolute Gasteiger partial charge is 0.373 e. The number of rotatable bonds is 6. The van der Waals surface area contributed by atoms with Crippen molar-refractivity contribution < 1.29 is 40.7 Å². The molecule has 2 aliphatic rings. The van der Waals surface area contributed by atoms with Gasteiger partial charge in [0.15, 0.2) is 0 Å². The van der Waals surface area contributed by atoms with Crippen LogP contribution in [0, 0.1) is 5.92 Å². The minimum Gasteiger partial charge on any atom is -0.373 e. The molecule has 0 N–H and O–H groups in total. The Morgan fingerprint density at radius 1 is 0.895 bits per heavy atom. The zero-order valence-corrected chi connectivity index (χ0v) is 20.5. The third kappa shape index (κ3) is 6.67. The Morgan fingerprint density at radius 3 is 2.05 bits per heavy atom. The molecule has 0 unspecified atom stereocenters. The molecule has 0 bridgehead atoms. The maximum Gasteiger partial charge on any atom is 0.416 e. The summed E-state index contributed by atoms with van der Waals surface area (Å²) in [6.45, 7) is 1.27. The molecule has 0 spiro atoms. The van der Waals surface area contributed by atoms with Gasteiger partial charge < -0.3 is 14.5 Å². The van der Waals surface area contributed by atoms with E-state index in [9.17, 15) is 35.9 Å². The quantitative estimate of drug-likeness (QED) is 0.358. The van der Waals surface area contributed by atoms with Crippen molar-refractivity contribution in [3.05, 3.63) is 70.8 Å². The molecule has 2 amide bonds. The summed E-state index contributed by atoms with van der Waals surface area (Å²) in [5.41, 5.74) is -2.12. The van der Waals surface area contributed by atoms with E-state index < -0.39 is 36.2 Å². The number of alkyl halides is 6. The third-order valence-corrected chi connectivity index (χ3v) is 7.23. The number of likely N-dealkylation sites (tertiary alicyclic amines) is 2. The first-order valence-electron chi connectivity index (χ1n) is 12.4. The zero-order chi connectivity index (χ0) is 27.5. The molecule has 0 aliphatic carbocycles. The predicted molar refractivity (Wildman–Crippen MR) is 126 cm³/mol. The van der Waals surface area contributed by atoms with Gasteiger partial charge in [0.2, 0.25) is 12.3 Å². The average molecular weight is 543 g/mol. The lowest BCUT2D eigenvalue weighted by molar-refractivity contribution is -0.143. The second-order valence-electron chi connectivity index (χ2n) is 9.77. The van der Waals surface area contributed by atoms with E-state index in [0.717, 1.165) is 12.0 Å². The maximum absolute atomic E-state index is 13.3. The molecule has 206 valence electrons. The zero-order valence-electron chi connectivity index (χ0n) is 20.5. The number of hydrogen-bond donors (Lipinski definition) is 0. The normalized spacial score (nSPS) is 21.4. The van der Waals surface area contributed by atoms with Gasteiger partial charge in [-0.2, -0.15) is 26.3 Å². The van der Waals surface area contributed by atoms with Crippen LogP contribution in [0.2, 0.25) is 0 Å². The number of carbonyl (C=O) groups is 2. The average Bonchev–Trinajstić information content (AvgIpc) is 2.91. The maximum atomic E-state index is 13.3. The van der Waals surface area contributed by atoms with Gasteiger partial charge in [0.1, 0.15) is 0 Å². The first-order chi connectivity index (χ1) is 18.0. The van der Waals surface area contributed by atoms with Gasteiger partial charge in [-0.25, -0.2) is 0 Å². The van der Waals surface area contributed by atoms with Gasteiger partial charge in [0.05, 0.1) is 23.8 Å². The molecule has 2 aliphatic heterocycles. The number of piperidine rings is 2. The largest absolute Gasteiger partial charge is 0.416 e. The molecule has 2 aromatic rings. The molecule has 0 radical (unpaired) electrons. The monoisotopic (exact) mass is 542 g/mol. The van der Waals surface area contributed by atoms with Crippen molar-refractivity contribution in [3.8, 4) is 0 Å². The molecule has 2 fully saturated rings. The topological polar surface area (TPSA) is 49.9 Å². The Bertz CT molecular complexity index is 1080. The molecule has 5 nitrogen and oxygen atoms in total. The van der Waals surface area contributed by atoms with Crippen molar-refractivity contribution in [2.45, 2.75) is 50.2 Å². The summed E-state index contributed by atoms with van der Waals surface area (Å²) in [7, 11) is 0. The van der Waals surface area contributed by atoms with Gasteiger partial charge >= 0.3 is 12.4 Å². The molecule has 0 saturated carbocycles. The first-order valence-corrected chi connectivity index (χ1v) is 12.4. The minimum atomic E-state index is -4.93. The lowest BCUT2D eigenvalue weighted by Gasteiger charge is -2.41. The molecule has 2 saturated heterocycles. The number of hydrogen-bond acceptors (Lipinski definition) is 3. The second-order valence-corrected chi connectivity index (χ2v) is 9.77. The molecule has 11 heteroatoms. The van der Waals surface area contributed by atoms with E-state index in [0.29, 0.717) is 57.6 Å². The second kappa shape index (κ2) is 11.3. The van der Waals surface area contributed by atoms with Crippen LogP contribution in [0.3, 0.4) is 0 Å². The van der Waals surface area contributed by atoms with Crippen LogP contribution in [-0.4, -0.2) is 54.4 Å². The highest BCUT2D eigenvalue weighted by Crippen LogP contribution is 2.37. The summed E-state index contributed by atoms with van der Waals surface area (Å²) in [6.07, 6.45) is -8.09. The highest BCUT2D eigenvalue weighted by molar-refractivity contribution is 5.79. The molecule has 38 heavy (non-hydrogen) atoms. The van der Waals surface area contributed by atoms with Gasteiger partial charge in [-0.05, 0) is 48.6 Å². The number of ether oxygens (including phenoxy) is 1. The molecule has 2 atom stereocenters. The summed E-state index contributed by atoms with van der Waals surface area (Å²) < 4.78 is 85.5. The fourth-order valence-corrected chi connectivity index (χ4v) is 5.17. The van der Waals surface area contributed by atoms with Gasteiger partial charge in [-0.15, -0.1) is 0 Å². The van der Waals surface area contributed by atoms with Crippen LogP contribution < -0.4 is 0 Å². The number of halogens is 6. The minimum absolute atomic E-state index is 0.0115. The van der Waals surface area contributed by atoms with E-state index in [1.807, 2.05) is 30.3 Å². The van der Waals surface area contributed by atoms with Crippen LogP contribution in [0.5, 0.6) is 0 Å². The molecule has 0 aromatic heterocycles. The van der Waals surface area contributed by atoms with Crippen LogP contribution >= 0.6 is 0 Å². The molecule has 2 aromatic carbocycles. The predicted octanol–water partition coefficient (Wildman–Crippen LogP) is 5.49. The summed E-state index contributed by atoms with van der Waals surface area (Å²) in [4.78, 5) is 27.6. The number of carbonyl (C=O) groups excluding carboxylic acids is 2. The molecular formula is C27H28F6N2O3. The van der Waals surface area contributed by atoms with Crippen LogP contribution in [0.25, 0.3) is 0 Å². The fraction of sp³-hybridized carbons (Fsp3) is 0.481. The Kier molecular flexibility index (Phi) is 8.34. The summed E-state index contributed by atoms with van der Waals surface area (Å²) in [6, 6.07) is 10.7. The Morgan fingerprint density at radius 2 is 1.50 bits per heavy atom. The van der Waals surface area contributed by atoms with Crippen molar-refractivity contribution in [2.24, 2.45) is 5.92 Å². The van der Waals surface area contributed by atoms with Crippen molar-refractivity contribution in [1.29, 1.82) is 0 Å². The van der Waals surface area contributed by atoms with Crippen LogP contribution in [0.15, 0.2) is 48.5 Å². The van der Waals surface area contributed by atoms with Crippen LogP contribution in [0.4, 0.5) is 26.3 Å². The van der Waals surface area contributed by atoms with E-state index in [4.69, 9.17) is 4.74 Å². The van der Waals surface area contributed by atoms with Crippen LogP contribution in [0.1, 0.15) is 47.4 Å². The summed E-state index contributed by atoms with van der Waals surface area (Å²) in [5.74, 6) is -0.523. The molecular weight excluding hydrogens is 514 g/mol. The SMILES string of the molecule is O=CN1CCC(C(=O)N2CC[C@H](OCc3cc(C(F)(F)F)cc(C(F)(F)F)c3)[C@H](c3ccccc3)C2)CC1. The first kappa shape index (κ1) is 27.9. The van der Waals surface area contributed by atoms with Gasteiger partial charge in [0.25, 0.3) is 0 Å². The fourth-order valence-electron chi connectivity index (χ4n) is 5.17. The van der Waals surface area contributed by atoms with E-state index in [1.165, 1.54) is 0 Å². The van der Waals surface area contributed by atoms with Crippen molar-refractivity contribution in [2.75, 3.05) is 26.2 Å². The Balaban J connectivity index is 1.50. The third-order valence-electron chi connectivity index (χ3n) is 7.23. The van der Waals surface area contributed by atoms with Crippen molar-refractivity contribution in [3.63, 3.8) is 0 Å². The summed E-state index contributed by atoms with van der Waals surface area (Å²) >= 11 is 0. The van der Waals surface area contributed by atoms with Gasteiger partial charge in [0, 0.05) is 38.0 Å². The van der Waals surface area contributed by atoms with Crippen molar-refractivity contribution >= 4 is 12.3 Å². The van der Waals surface area contributed by atoms with Gasteiger partial charge in [-0.1, -0.05) is 30.3 Å². The van der Waals surface area contributed by atoms with E-state index in [2.05, 4.69) is 0 Å². The lowest BCUT2D eigenvalue weighted by Crippen LogP contribution is -2.49. The standard InChI is InChI=1S/C27H28F6N2O3/c28-26(29,30)21-12-18(13-22(14-21)27(31,32)33)16-38-24-8-11-35(15-23(24)19-4-2-1-3-5-19)25(37)20-6-9-34(17-36)10-7-20/h1-5,12-14,17,20,23-24H,6-11,15-16H2/t23-,24-/m0/s1. The van der Waals surface area contributed by atoms with Gasteiger partial charge in [-0.3, -0.25) is 9.59 Å². The lowest BCUT2D eigenvalue weighted by atomic mass is 9.86. The summed E-state index contributed by atoms with van der Waals surface area (Å²) in [5, 5.41) is 0. The molecule has 4 rings (SSSR count). The molecule has 2 heterocycles. The van der Waals surface area contributed by atoms with E-state index >= 15 is 0 Å². The van der Waals surface area contributed by atoms with Crippen LogP contribution in [-0.2, 0) is 33.3 Å². The number of benzene rings is 2. The highest BCUT2D eigenvalue weighted by atomic mass is 19.4. The Hall–Kier alpha value is -3.08. The Labute approximate surface area is 216 Å². The highest BCUT2D eigenvalue weighted by Gasteiger charge is 2.38. The number of nitrogens with zero attached hydrogens (tertiary/aromatic N) is 2. The number of amides is 2. The van der Waals surface area contributed by atoms with E-state index in [-0.39, 0.29) is 29.4 Å². The van der Waals surface area contributed by atoms with Crippen molar-refractivity contribution in [1.82, 2.24) is 9.80 Å².